The Morgan fingerprint density at radius 2 is 1.88 bits per heavy atom. The molecule has 0 fully saturated rings. The van der Waals surface area contributed by atoms with Crippen LogP contribution in [-0.2, 0) is 17.9 Å². The van der Waals surface area contributed by atoms with E-state index >= 15 is 0 Å². The van der Waals surface area contributed by atoms with Gasteiger partial charge in [-0.2, -0.15) is 5.10 Å². The summed E-state index contributed by atoms with van der Waals surface area (Å²) in [6.07, 6.45) is 0. The van der Waals surface area contributed by atoms with E-state index in [1.165, 1.54) is 5.56 Å². The normalized spacial score (nSPS) is 13.0. The minimum Gasteiger partial charge on any atom is -0.352 e. The van der Waals surface area contributed by atoms with Gasteiger partial charge in [-0.15, -0.1) is 12.4 Å². The maximum atomic E-state index is 12.1. The summed E-state index contributed by atoms with van der Waals surface area (Å²) in [4.78, 5) is 12.1. The van der Waals surface area contributed by atoms with Crippen LogP contribution in [-0.4, -0.2) is 21.7 Å². The molecule has 1 heterocycles. The number of carbonyl (C=O) groups excluding carboxylic acids is 1. The smallest absolute Gasteiger partial charge is 0.224 e. The zero-order chi connectivity index (χ0) is 17.0. The molecular weight excluding hydrogens is 324 g/mol. The lowest BCUT2D eigenvalue weighted by Crippen LogP contribution is -2.38. The highest BCUT2D eigenvalue weighted by molar-refractivity contribution is 5.85. The third kappa shape index (κ3) is 4.82. The lowest BCUT2D eigenvalue weighted by Gasteiger charge is -2.15. The summed E-state index contributed by atoms with van der Waals surface area (Å²) < 4.78 is 1.99. The molecule has 1 amide bonds. The van der Waals surface area contributed by atoms with Crippen molar-refractivity contribution >= 4 is 18.3 Å². The topological polar surface area (TPSA) is 72.9 Å². The summed E-state index contributed by atoms with van der Waals surface area (Å²) in [6.45, 7) is 8.93. The SMILES string of the molecule is Cc1nn(Cc2ccccc2)c(C)c1CNC(=O)C(C)C(C)N.Cl. The zero-order valence-corrected chi connectivity index (χ0v) is 15.6. The highest BCUT2D eigenvalue weighted by atomic mass is 35.5. The number of halogens is 1. The van der Waals surface area contributed by atoms with Crippen LogP contribution in [0.3, 0.4) is 0 Å². The van der Waals surface area contributed by atoms with E-state index < -0.39 is 0 Å². The number of aromatic nitrogens is 2. The van der Waals surface area contributed by atoms with Gasteiger partial charge in [-0.1, -0.05) is 37.3 Å². The number of nitrogens with zero attached hydrogens (tertiary/aromatic N) is 2. The first-order valence-corrected chi connectivity index (χ1v) is 8.00. The third-order valence-electron chi connectivity index (χ3n) is 4.35. The van der Waals surface area contributed by atoms with Gasteiger partial charge in [0.15, 0.2) is 0 Å². The molecule has 1 aromatic heterocycles. The molecule has 0 aliphatic carbocycles. The molecule has 2 atom stereocenters. The number of hydrogen-bond donors (Lipinski definition) is 2. The number of amides is 1. The van der Waals surface area contributed by atoms with Crippen LogP contribution < -0.4 is 11.1 Å². The van der Waals surface area contributed by atoms with Crippen LogP contribution in [0.2, 0.25) is 0 Å². The number of benzene rings is 1. The molecule has 1 aromatic carbocycles. The second-order valence-electron chi connectivity index (χ2n) is 6.16. The van der Waals surface area contributed by atoms with Gasteiger partial charge in [0.2, 0.25) is 5.91 Å². The number of carbonyl (C=O) groups is 1. The predicted octanol–water partition coefficient (Wildman–Crippen LogP) is 2.57. The van der Waals surface area contributed by atoms with E-state index in [0.717, 1.165) is 23.5 Å². The molecule has 0 aliphatic heterocycles. The van der Waals surface area contributed by atoms with Gasteiger partial charge in [-0.05, 0) is 26.3 Å². The van der Waals surface area contributed by atoms with Crippen molar-refractivity contribution in [1.29, 1.82) is 0 Å². The fourth-order valence-corrected chi connectivity index (χ4v) is 2.48. The highest BCUT2D eigenvalue weighted by Gasteiger charge is 2.18. The maximum absolute atomic E-state index is 12.1. The van der Waals surface area contributed by atoms with Crippen molar-refractivity contribution < 1.29 is 4.79 Å². The van der Waals surface area contributed by atoms with Gasteiger partial charge in [0, 0.05) is 29.8 Å². The summed E-state index contributed by atoms with van der Waals surface area (Å²) in [5.74, 6) is -0.218. The molecule has 0 bridgehead atoms. The average molecular weight is 351 g/mol. The van der Waals surface area contributed by atoms with Crippen molar-refractivity contribution in [2.45, 2.75) is 46.8 Å². The molecule has 6 heteroatoms. The fraction of sp³-hybridized carbons (Fsp3) is 0.444. The van der Waals surface area contributed by atoms with Crippen LogP contribution in [0, 0.1) is 19.8 Å². The Bertz CT molecular complexity index is 667. The van der Waals surface area contributed by atoms with Crippen LogP contribution >= 0.6 is 12.4 Å². The molecule has 0 saturated heterocycles. The molecule has 2 unspecified atom stereocenters. The zero-order valence-electron chi connectivity index (χ0n) is 14.7. The standard InChI is InChI=1S/C18H26N4O.ClH/c1-12(13(2)19)18(23)20-10-17-14(3)21-22(15(17)4)11-16-8-6-5-7-9-16;/h5-9,12-13H,10-11,19H2,1-4H3,(H,20,23);1H. The van der Waals surface area contributed by atoms with E-state index in [4.69, 9.17) is 5.73 Å². The first kappa shape index (κ1) is 20.2. The second kappa shape index (κ2) is 8.85. The van der Waals surface area contributed by atoms with Crippen LogP contribution in [0.15, 0.2) is 30.3 Å². The van der Waals surface area contributed by atoms with Gasteiger partial charge < -0.3 is 11.1 Å². The lowest BCUT2D eigenvalue weighted by atomic mass is 10.0. The molecule has 24 heavy (non-hydrogen) atoms. The molecule has 3 N–H and O–H groups in total. The monoisotopic (exact) mass is 350 g/mol. The predicted molar refractivity (Wildman–Crippen MR) is 99.2 cm³/mol. The molecule has 132 valence electrons. The highest BCUT2D eigenvalue weighted by Crippen LogP contribution is 2.15. The quantitative estimate of drug-likeness (QED) is 0.841. The largest absolute Gasteiger partial charge is 0.352 e. The van der Waals surface area contributed by atoms with Crippen molar-refractivity contribution in [3.63, 3.8) is 0 Å². The Kier molecular flexibility index (Phi) is 7.45. The Balaban J connectivity index is 0.00000288. The van der Waals surface area contributed by atoms with E-state index in [1.807, 2.05) is 50.6 Å². The summed E-state index contributed by atoms with van der Waals surface area (Å²) in [5.41, 5.74) is 10.1. The third-order valence-corrected chi connectivity index (χ3v) is 4.35. The van der Waals surface area contributed by atoms with Crippen molar-refractivity contribution in [2.75, 3.05) is 0 Å². The molecule has 2 rings (SSSR count). The molecule has 2 aromatic rings. The fourth-order valence-electron chi connectivity index (χ4n) is 2.48. The molecular formula is C18H27ClN4O. The number of nitrogens with two attached hydrogens (primary N) is 1. The Morgan fingerprint density at radius 1 is 1.25 bits per heavy atom. The average Bonchev–Trinajstić information content (AvgIpc) is 2.79. The summed E-state index contributed by atoms with van der Waals surface area (Å²) in [7, 11) is 0. The first-order chi connectivity index (χ1) is 10.9. The van der Waals surface area contributed by atoms with Gasteiger partial charge >= 0.3 is 0 Å². The minimum atomic E-state index is -0.199. The van der Waals surface area contributed by atoms with Gasteiger partial charge in [0.05, 0.1) is 12.2 Å². The van der Waals surface area contributed by atoms with Crippen molar-refractivity contribution in [2.24, 2.45) is 11.7 Å². The summed E-state index contributed by atoms with van der Waals surface area (Å²) >= 11 is 0. The molecule has 0 radical (unpaired) electrons. The Labute approximate surface area is 150 Å². The lowest BCUT2D eigenvalue weighted by molar-refractivity contribution is -0.125. The van der Waals surface area contributed by atoms with E-state index in [9.17, 15) is 4.79 Å². The van der Waals surface area contributed by atoms with E-state index in [-0.39, 0.29) is 30.3 Å². The van der Waals surface area contributed by atoms with Gasteiger partial charge in [-0.25, -0.2) is 0 Å². The summed E-state index contributed by atoms with van der Waals surface area (Å²) in [6, 6.07) is 10.1. The Hall–Kier alpha value is -1.85. The summed E-state index contributed by atoms with van der Waals surface area (Å²) in [5, 5.41) is 7.57. The van der Waals surface area contributed by atoms with Crippen molar-refractivity contribution in [3.05, 3.63) is 52.8 Å². The van der Waals surface area contributed by atoms with Crippen LogP contribution in [0.5, 0.6) is 0 Å². The van der Waals surface area contributed by atoms with E-state index in [0.29, 0.717) is 6.54 Å². The minimum absolute atomic E-state index is 0. The van der Waals surface area contributed by atoms with Crippen molar-refractivity contribution in [3.8, 4) is 0 Å². The Morgan fingerprint density at radius 3 is 2.46 bits per heavy atom. The first-order valence-electron chi connectivity index (χ1n) is 8.00. The second-order valence-corrected chi connectivity index (χ2v) is 6.16. The number of rotatable bonds is 6. The molecule has 5 nitrogen and oxygen atoms in total. The number of nitrogens with one attached hydrogen (secondary N) is 1. The maximum Gasteiger partial charge on any atom is 0.224 e. The van der Waals surface area contributed by atoms with E-state index in [2.05, 4.69) is 22.5 Å². The van der Waals surface area contributed by atoms with Gasteiger partial charge in [0.25, 0.3) is 0 Å². The van der Waals surface area contributed by atoms with Gasteiger partial charge in [-0.3, -0.25) is 9.48 Å². The van der Waals surface area contributed by atoms with Crippen molar-refractivity contribution in [1.82, 2.24) is 15.1 Å². The molecule has 0 spiro atoms. The van der Waals surface area contributed by atoms with E-state index in [1.54, 1.807) is 0 Å². The molecule has 0 saturated carbocycles. The van der Waals surface area contributed by atoms with Crippen LogP contribution in [0.4, 0.5) is 0 Å². The number of aryl methyl sites for hydroxylation is 1. The number of hydrogen-bond acceptors (Lipinski definition) is 3. The molecule has 0 aliphatic rings. The van der Waals surface area contributed by atoms with Crippen LogP contribution in [0.1, 0.15) is 36.4 Å². The van der Waals surface area contributed by atoms with Crippen LogP contribution in [0.25, 0.3) is 0 Å². The van der Waals surface area contributed by atoms with Gasteiger partial charge in [0.1, 0.15) is 0 Å².